The van der Waals surface area contributed by atoms with E-state index in [2.05, 4.69) is 265 Å². The van der Waals surface area contributed by atoms with Crippen LogP contribution in [0.3, 0.4) is 0 Å². The Bertz CT molecular complexity index is 4170. The molecule has 1 aliphatic carbocycles. The van der Waals surface area contributed by atoms with E-state index in [0.29, 0.717) is 0 Å². The van der Waals surface area contributed by atoms with Crippen molar-refractivity contribution in [3.8, 4) is 16.8 Å². The number of fused-ring (bicyclic) bond motifs is 14. The van der Waals surface area contributed by atoms with Crippen LogP contribution in [0, 0.1) is 0 Å². The zero-order valence-electron chi connectivity index (χ0n) is 38.3. The molecule has 0 atom stereocenters. The normalized spacial score (nSPS) is 12.9. The second kappa shape index (κ2) is 15.1. The molecule has 0 spiro atoms. The molecule has 0 saturated carbocycles. The number of nitrogens with zero attached hydrogens (tertiary/aromatic N) is 3. The zero-order valence-corrected chi connectivity index (χ0v) is 38.3. The number of benzene rings is 11. The molecular weight excluding hydrogens is 839 g/mol. The first-order chi connectivity index (χ1) is 34.0. The third-order valence-corrected chi connectivity index (χ3v) is 14.7. The van der Waals surface area contributed by atoms with Gasteiger partial charge in [-0.15, -0.1) is 0 Å². The van der Waals surface area contributed by atoms with Crippen molar-refractivity contribution < 1.29 is 4.42 Å². The van der Waals surface area contributed by atoms with Crippen LogP contribution in [0.15, 0.2) is 241 Å². The van der Waals surface area contributed by atoms with Crippen LogP contribution >= 0.6 is 0 Å². The molecule has 326 valence electrons. The van der Waals surface area contributed by atoms with Crippen molar-refractivity contribution >= 4 is 99.4 Å². The lowest BCUT2D eigenvalue weighted by atomic mass is 9.82. The molecule has 69 heavy (non-hydrogen) atoms. The van der Waals surface area contributed by atoms with Crippen molar-refractivity contribution in [2.45, 2.75) is 19.3 Å². The van der Waals surface area contributed by atoms with Crippen LogP contribution in [0.2, 0.25) is 0 Å². The Morgan fingerprint density at radius 1 is 0.348 bits per heavy atom. The fourth-order valence-electron chi connectivity index (χ4n) is 11.5. The first-order valence-corrected chi connectivity index (χ1v) is 23.8. The molecule has 0 N–H and O–H groups in total. The Kier molecular flexibility index (Phi) is 8.59. The molecule has 1 aliphatic rings. The van der Waals surface area contributed by atoms with Crippen molar-refractivity contribution in [1.82, 2.24) is 4.57 Å². The third-order valence-electron chi connectivity index (χ3n) is 14.7. The number of anilines is 6. The van der Waals surface area contributed by atoms with Gasteiger partial charge in [0.15, 0.2) is 0 Å². The van der Waals surface area contributed by atoms with Gasteiger partial charge in [0.1, 0.15) is 11.2 Å². The highest BCUT2D eigenvalue weighted by Gasteiger charge is 2.36. The van der Waals surface area contributed by atoms with E-state index >= 15 is 0 Å². The van der Waals surface area contributed by atoms with Crippen LogP contribution < -0.4 is 9.80 Å². The van der Waals surface area contributed by atoms with Gasteiger partial charge in [0.2, 0.25) is 0 Å². The van der Waals surface area contributed by atoms with Crippen molar-refractivity contribution in [3.05, 3.63) is 248 Å². The molecule has 0 amide bonds. The van der Waals surface area contributed by atoms with Gasteiger partial charge in [-0.3, -0.25) is 0 Å². The maximum atomic E-state index is 7.15. The number of hydrogen-bond acceptors (Lipinski definition) is 3. The summed E-state index contributed by atoms with van der Waals surface area (Å²) in [7, 11) is 0. The van der Waals surface area contributed by atoms with E-state index in [1.807, 2.05) is 0 Å². The molecule has 0 bridgehead atoms. The van der Waals surface area contributed by atoms with Gasteiger partial charge in [-0.1, -0.05) is 141 Å². The summed E-state index contributed by atoms with van der Waals surface area (Å²) in [5, 5.41) is 9.25. The van der Waals surface area contributed by atoms with Gasteiger partial charge < -0.3 is 18.8 Å². The van der Waals surface area contributed by atoms with Crippen molar-refractivity contribution in [2.75, 3.05) is 9.80 Å². The highest BCUT2D eigenvalue weighted by Crippen LogP contribution is 2.51. The Morgan fingerprint density at radius 2 is 0.870 bits per heavy atom. The summed E-state index contributed by atoms with van der Waals surface area (Å²) in [6, 6.07) is 85.9. The summed E-state index contributed by atoms with van der Waals surface area (Å²) in [6.45, 7) is 4.70. The quantitative estimate of drug-likeness (QED) is 0.149. The van der Waals surface area contributed by atoms with E-state index < -0.39 is 0 Å². The van der Waals surface area contributed by atoms with E-state index in [1.54, 1.807) is 0 Å². The van der Waals surface area contributed by atoms with Crippen LogP contribution in [-0.2, 0) is 5.41 Å². The Hall–Kier alpha value is -8.86. The highest BCUT2D eigenvalue weighted by molar-refractivity contribution is 6.30. The molecule has 2 aromatic heterocycles. The minimum Gasteiger partial charge on any atom is -0.455 e. The van der Waals surface area contributed by atoms with E-state index in [9.17, 15) is 0 Å². The zero-order chi connectivity index (χ0) is 45.8. The molecule has 4 heteroatoms. The van der Waals surface area contributed by atoms with Crippen LogP contribution in [0.1, 0.15) is 25.0 Å². The summed E-state index contributed by atoms with van der Waals surface area (Å²) < 4.78 is 9.51. The van der Waals surface area contributed by atoms with Gasteiger partial charge in [0.25, 0.3) is 0 Å². The number of rotatable bonds is 7. The molecule has 2 heterocycles. The summed E-state index contributed by atoms with van der Waals surface area (Å²) >= 11 is 0. The van der Waals surface area contributed by atoms with E-state index in [-0.39, 0.29) is 5.41 Å². The lowest BCUT2D eigenvalue weighted by Crippen LogP contribution is -2.16. The molecule has 13 aromatic rings. The number of hydrogen-bond donors (Lipinski definition) is 0. The molecular formula is C65H45N3O. The number of furan rings is 1. The van der Waals surface area contributed by atoms with Crippen LogP contribution in [-0.4, -0.2) is 4.57 Å². The van der Waals surface area contributed by atoms with Gasteiger partial charge in [0.05, 0.1) is 11.0 Å². The SMILES string of the molecule is CC1(C)c2ccccc2-c2ccc(N(c3ccccc3)c3ccc4c(c3)c3ccccc3c3c5ccc(N(c6ccccc6)c6ccc7c(c6)c6ccccc6n7-c6ccccc6)cc5oc43)cc21. The lowest BCUT2D eigenvalue weighted by molar-refractivity contribution is 0.660. The van der Waals surface area contributed by atoms with Crippen molar-refractivity contribution in [2.24, 2.45) is 0 Å². The number of aromatic nitrogens is 1. The molecule has 14 rings (SSSR count). The summed E-state index contributed by atoms with van der Waals surface area (Å²) in [6.07, 6.45) is 0. The van der Waals surface area contributed by atoms with E-state index in [1.165, 1.54) is 54.8 Å². The fraction of sp³-hybridized carbons (Fsp3) is 0.0462. The third kappa shape index (κ3) is 5.95. The lowest BCUT2D eigenvalue weighted by Gasteiger charge is -2.28. The molecule has 11 aromatic carbocycles. The summed E-state index contributed by atoms with van der Waals surface area (Å²) in [5.41, 5.74) is 17.0. The second-order valence-electron chi connectivity index (χ2n) is 18.9. The second-order valence-corrected chi connectivity index (χ2v) is 18.9. The van der Waals surface area contributed by atoms with Crippen molar-refractivity contribution in [1.29, 1.82) is 0 Å². The fourth-order valence-corrected chi connectivity index (χ4v) is 11.5. The predicted molar refractivity (Wildman–Crippen MR) is 290 cm³/mol. The smallest absolute Gasteiger partial charge is 0.143 e. The molecule has 0 saturated heterocycles. The van der Waals surface area contributed by atoms with Crippen LogP contribution in [0.25, 0.3) is 82.1 Å². The van der Waals surface area contributed by atoms with Gasteiger partial charge in [-0.05, 0) is 142 Å². The predicted octanol–water partition coefficient (Wildman–Crippen LogP) is 18.2. The van der Waals surface area contributed by atoms with Crippen molar-refractivity contribution in [3.63, 3.8) is 0 Å². The van der Waals surface area contributed by atoms with Gasteiger partial charge in [0, 0.05) is 78.2 Å². The Labute approximate surface area is 400 Å². The first kappa shape index (κ1) is 39.3. The monoisotopic (exact) mass is 883 g/mol. The minimum atomic E-state index is -0.118. The summed E-state index contributed by atoms with van der Waals surface area (Å²) in [4.78, 5) is 4.75. The maximum Gasteiger partial charge on any atom is 0.143 e. The Balaban J connectivity index is 0.933. The maximum absolute atomic E-state index is 7.15. The number of para-hydroxylation sites is 4. The average molecular weight is 884 g/mol. The van der Waals surface area contributed by atoms with E-state index in [0.717, 1.165) is 72.5 Å². The first-order valence-electron chi connectivity index (χ1n) is 23.8. The van der Waals surface area contributed by atoms with Crippen LogP contribution in [0.4, 0.5) is 34.1 Å². The molecule has 0 radical (unpaired) electrons. The molecule has 0 unspecified atom stereocenters. The minimum absolute atomic E-state index is 0.118. The van der Waals surface area contributed by atoms with E-state index in [4.69, 9.17) is 4.42 Å². The highest BCUT2D eigenvalue weighted by atomic mass is 16.3. The molecule has 0 aliphatic heterocycles. The largest absolute Gasteiger partial charge is 0.455 e. The Morgan fingerprint density at radius 3 is 1.61 bits per heavy atom. The molecule has 0 fully saturated rings. The van der Waals surface area contributed by atoms with Gasteiger partial charge in [-0.2, -0.15) is 0 Å². The van der Waals surface area contributed by atoms with Gasteiger partial charge >= 0.3 is 0 Å². The standard InChI is InChI=1S/C65H45N3O/c1-65(2)58-28-16-14-25-50(58)51-34-30-47(40-59(51)65)66(42-18-6-3-7-19-42)45-31-35-54-56(38-45)49-24-12-13-27-53(49)63-55-36-32-48(41-62(55)69-64(54)63)67(43-20-8-4-9-21-43)46-33-37-61-57(39-46)52-26-15-17-29-60(52)68(61)44-22-10-5-11-23-44/h3-41H,1-2H3. The summed E-state index contributed by atoms with van der Waals surface area (Å²) in [5.74, 6) is 0. The average Bonchev–Trinajstić information content (AvgIpc) is 4.03. The van der Waals surface area contributed by atoms with Gasteiger partial charge in [-0.25, -0.2) is 0 Å². The molecule has 4 nitrogen and oxygen atoms in total. The van der Waals surface area contributed by atoms with Crippen LogP contribution in [0.5, 0.6) is 0 Å². The topological polar surface area (TPSA) is 24.6 Å².